The fraction of sp³-hybridized carbons (Fsp3) is 0.536. The number of rotatable bonds is 10. The van der Waals surface area contributed by atoms with Crippen LogP contribution in [0.3, 0.4) is 0 Å². The summed E-state index contributed by atoms with van der Waals surface area (Å²) in [5.41, 5.74) is 2.97. The van der Waals surface area contributed by atoms with Gasteiger partial charge in [0, 0.05) is 42.3 Å². The van der Waals surface area contributed by atoms with Crippen molar-refractivity contribution in [3.05, 3.63) is 51.8 Å². The molecule has 2 aromatic heterocycles. The van der Waals surface area contributed by atoms with Gasteiger partial charge in [-0.1, -0.05) is 32.8 Å². The molecule has 3 aromatic rings. The van der Waals surface area contributed by atoms with Gasteiger partial charge in [0.15, 0.2) is 6.29 Å². The minimum absolute atomic E-state index is 0.126. The third-order valence-electron chi connectivity index (χ3n) is 7.03. The number of benzene rings is 1. The van der Waals surface area contributed by atoms with Crippen LogP contribution in [0.25, 0.3) is 22.0 Å². The first-order chi connectivity index (χ1) is 17.4. The summed E-state index contributed by atoms with van der Waals surface area (Å²) >= 11 is 6.48. The summed E-state index contributed by atoms with van der Waals surface area (Å²) in [6.07, 6.45) is 8.50. The molecule has 3 heterocycles. The van der Waals surface area contributed by atoms with Gasteiger partial charge in [0.1, 0.15) is 5.75 Å². The Morgan fingerprint density at radius 2 is 1.94 bits per heavy atom. The van der Waals surface area contributed by atoms with Crippen LogP contribution >= 0.6 is 11.6 Å². The summed E-state index contributed by atoms with van der Waals surface area (Å²) in [7, 11) is 3.31. The molecular formula is C28H36ClN3O4. The van der Waals surface area contributed by atoms with Gasteiger partial charge in [0.05, 0.1) is 24.9 Å². The zero-order valence-electron chi connectivity index (χ0n) is 21.7. The molecule has 1 saturated heterocycles. The second-order valence-corrected chi connectivity index (χ2v) is 10.0. The van der Waals surface area contributed by atoms with Crippen molar-refractivity contribution in [1.82, 2.24) is 14.5 Å². The molecule has 1 fully saturated rings. The largest absolute Gasteiger partial charge is 0.496 e. The normalized spacial score (nSPS) is 16.4. The number of aryl methyl sites for hydroxylation is 1. The van der Waals surface area contributed by atoms with Gasteiger partial charge < -0.3 is 18.8 Å². The molecule has 1 unspecified atom stereocenters. The number of fused-ring (bicyclic) bond motifs is 1. The molecule has 36 heavy (non-hydrogen) atoms. The maximum atomic E-state index is 12.2. The maximum Gasteiger partial charge on any atom is 0.254 e. The SMILES string of the molecule is CCCC(CCC)(COC1CCCCO1)c1nc(Cl)nc2ccc(-c3cn(C)c(=O)cc3OC)cc12. The average molecular weight is 514 g/mol. The van der Waals surface area contributed by atoms with Crippen molar-refractivity contribution in [3.63, 3.8) is 0 Å². The number of hydrogen-bond donors (Lipinski definition) is 0. The first-order valence-corrected chi connectivity index (χ1v) is 13.2. The van der Waals surface area contributed by atoms with Crippen LogP contribution in [0.4, 0.5) is 0 Å². The molecule has 1 aromatic carbocycles. The van der Waals surface area contributed by atoms with Crippen LogP contribution in [-0.2, 0) is 21.9 Å². The molecule has 7 nitrogen and oxygen atoms in total. The Balaban J connectivity index is 1.86. The lowest BCUT2D eigenvalue weighted by atomic mass is 9.75. The molecule has 0 aliphatic carbocycles. The van der Waals surface area contributed by atoms with Crippen molar-refractivity contribution in [3.8, 4) is 16.9 Å². The zero-order valence-corrected chi connectivity index (χ0v) is 22.4. The fourth-order valence-corrected chi connectivity index (χ4v) is 5.47. The van der Waals surface area contributed by atoms with E-state index in [0.717, 1.165) is 79.3 Å². The first kappa shape index (κ1) is 26.6. The van der Waals surface area contributed by atoms with E-state index < -0.39 is 0 Å². The smallest absolute Gasteiger partial charge is 0.254 e. The van der Waals surface area contributed by atoms with Gasteiger partial charge in [0.2, 0.25) is 5.28 Å². The van der Waals surface area contributed by atoms with Gasteiger partial charge in [-0.2, -0.15) is 0 Å². The monoisotopic (exact) mass is 513 g/mol. The summed E-state index contributed by atoms with van der Waals surface area (Å²) in [5, 5.41) is 1.17. The Morgan fingerprint density at radius 3 is 2.61 bits per heavy atom. The van der Waals surface area contributed by atoms with Crippen LogP contribution in [0, 0.1) is 0 Å². The van der Waals surface area contributed by atoms with Crippen molar-refractivity contribution >= 4 is 22.5 Å². The number of aromatic nitrogens is 3. The lowest BCUT2D eigenvalue weighted by Gasteiger charge is -2.36. The van der Waals surface area contributed by atoms with Gasteiger partial charge in [-0.3, -0.25) is 4.79 Å². The van der Waals surface area contributed by atoms with E-state index in [9.17, 15) is 4.79 Å². The molecule has 8 heteroatoms. The predicted octanol–water partition coefficient (Wildman–Crippen LogP) is 6.04. The molecule has 0 N–H and O–H groups in total. The van der Waals surface area contributed by atoms with Crippen molar-refractivity contribution in [2.75, 3.05) is 20.3 Å². The van der Waals surface area contributed by atoms with E-state index in [4.69, 9.17) is 30.8 Å². The van der Waals surface area contributed by atoms with E-state index in [2.05, 4.69) is 24.9 Å². The number of ether oxygens (including phenoxy) is 3. The summed E-state index contributed by atoms with van der Waals surface area (Å²) in [6.45, 7) is 5.63. The highest BCUT2D eigenvalue weighted by Crippen LogP contribution is 2.40. The Labute approximate surface area is 217 Å². The maximum absolute atomic E-state index is 12.2. The number of hydrogen-bond acceptors (Lipinski definition) is 6. The highest BCUT2D eigenvalue weighted by Gasteiger charge is 2.36. The van der Waals surface area contributed by atoms with E-state index in [0.29, 0.717) is 12.4 Å². The van der Waals surface area contributed by atoms with E-state index >= 15 is 0 Å². The first-order valence-electron chi connectivity index (χ1n) is 12.9. The van der Waals surface area contributed by atoms with Gasteiger partial charge in [0.25, 0.3) is 5.56 Å². The molecule has 1 aliphatic rings. The summed E-state index contributed by atoms with van der Waals surface area (Å²) in [6, 6.07) is 7.53. The van der Waals surface area contributed by atoms with E-state index in [-0.39, 0.29) is 22.5 Å². The quantitative estimate of drug-likeness (QED) is 0.308. The summed E-state index contributed by atoms with van der Waals surface area (Å²) in [5.74, 6) is 0.528. The van der Waals surface area contributed by atoms with Crippen molar-refractivity contribution in [2.24, 2.45) is 7.05 Å². The van der Waals surface area contributed by atoms with E-state index in [1.165, 1.54) is 6.07 Å². The molecular weight excluding hydrogens is 478 g/mol. The summed E-state index contributed by atoms with van der Waals surface area (Å²) in [4.78, 5) is 21.6. The minimum atomic E-state index is -0.332. The molecule has 0 spiro atoms. The second-order valence-electron chi connectivity index (χ2n) is 9.67. The van der Waals surface area contributed by atoms with E-state index in [1.54, 1.807) is 24.9 Å². The molecule has 1 aliphatic heterocycles. The van der Waals surface area contributed by atoms with Crippen LogP contribution in [-0.4, -0.2) is 41.1 Å². The lowest BCUT2D eigenvalue weighted by molar-refractivity contribution is -0.173. The number of nitrogens with zero attached hydrogens (tertiary/aromatic N) is 3. The number of pyridine rings is 1. The van der Waals surface area contributed by atoms with Crippen LogP contribution in [0.5, 0.6) is 5.75 Å². The van der Waals surface area contributed by atoms with Crippen LogP contribution in [0.15, 0.2) is 35.3 Å². The molecule has 194 valence electrons. The topological polar surface area (TPSA) is 75.5 Å². The molecule has 4 rings (SSSR count). The Morgan fingerprint density at radius 1 is 1.17 bits per heavy atom. The van der Waals surface area contributed by atoms with Crippen LogP contribution in [0.1, 0.15) is 64.5 Å². The lowest BCUT2D eigenvalue weighted by Crippen LogP contribution is -2.36. The molecule has 0 radical (unpaired) electrons. The van der Waals surface area contributed by atoms with Gasteiger partial charge in [-0.15, -0.1) is 0 Å². The Hall–Kier alpha value is -2.48. The third-order valence-corrected chi connectivity index (χ3v) is 7.20. The van der Waals surface area contributed by atoms with Gasteiger partial charge in [-0.05, 0) is 61.4 Å². The molecule has 0 amide bonds. The number of methoxy groups -OCH3 is 1. The average Bonchev–Trinajstić information content (AvgIpc) is 2.88. The van der Waals surface area contributed by atoms with E-state index in [1.807, 2.05) is 12.1 Å². The highest BCUT2D eigenvalue weighted by molar-refractivity contribution is 6.28. The standard InChI is InChI=1S/C28H36ClN3O4/c1-5-12-28(13-6-2,18-36-25-9-7-8-14-35-25)26-20-15-19(10-11-22(20)30-27(29)31-26)21-17-32(3)24(33)16-23(21)34-4/h10-11,15-17,25H,5-9,12-14,18H2,1-4H3. The molecule has 1 atom stereocenters. The Bertz CT molecular complexity index is 1250. The summed E-state index contributed by atoms with van der Waals surface area (Å²) < 4.78 is 19.4. The molecule has 0 saturated carbocycles. The minimum Gasteiger partial charge on any atom is -0.496 e. The van der Waals surface area contributed by atoms with Crippen molar-refractivity contribution in [1.29, 1.82) is 0 Å². The zero-order chi connectivity index (χ0) is 25.7. The predicted molar refractivity (Wildman–Crippen MR) is 143 cm³/mol. The second kappa shape index (κ2) is 11.7. The number of halogens is 1. The third kappa shape index (κ3) is 5.58. The molecule has 0 bridgehead atoms. The fourth-order valence-electron chi connectivity index (χ4n) is 5.30. The van der Waals surface area contributed by atoms with Gasteiger partial charge >= 0.3 is 0 Å². The van der Waals surface area contributed by atoms with Gasteiger partial charge in [-0.25, -0.2) is 9.97 Å². The van der Waals surface area contributed by atoms with Crippen LogP contribution in [0.2, 0.25) is 5.28 Å². The Kier molecular flexibility index (Phi) is 8.65. The van der Waals surface area contributed by atoms with Crippen molar-refractivity contribution in [2.45, 2.75) is 70.5 Å². The highest BCUT2D eigenvalue weighted by atomic mass is 35.5. The van der Waals surface area contributed by atoms with Crippen molar-refractivity contribution < 1.29 is 14.2 Å². The van der Waals surface area contributed by atoms with Crippen LogP contribution < -0.4 is 10.3 Å².